The molecule has 4 atom stereocenters. The van der Waals surface area contributed by atoms with E-state index in [1.165, 1.54) is 0 Å². The summed E-state index contributed by atoms with van der Waals surface area (Å²) in [6.45, 7) is 19.8. The molecule has 0 bridgehead atoms. The van der Waals surface area contributed by atoms with E-state index in [9.17, 15) is 0 Å². The molecule has 0 aromatic rings. The Labute approximate surface area is 159 Å². The first-order valence-electron chi connectivity index (χ1n) is 9.45. The summed E-state index contributed by atoms with van der Waals surface area (Å²) in [5.41, 5.74) is 5.50. The Kier molecular flexibility index (Phi) is 9.56. The predicted octanol–water partition coefficient (Wildman–Crippen LogP) is 4.75. The van der Waals surface area contributed by atoms with Crippen LogP contribution in [0.2, 0.25) is 0 Å². The van der Waals surface area contributed by atoms with Crippen LogP contribution in [-0.4, -0.2) is 42.4 Å². The third-order valence-electron chi connectivity index (χ3n) is 5.13. The minimum Gasteiger partial charge on any atom is -0.379 e. The van der Waals surface area contributed by atoms with Crippen LogP contribution in [0.4, 0.5) is 0 Å². The van der Waals surface area contributed by atoms with Gasteiger partial charge in [-0.1, -0.05) is 13.8 Å². The Morgan fingerprint density at radius 1 is 0.920 bits per heavy atom. The zero-order chi connectivity index (χ0) is 20.1. The minimum atomic E-state index is -0.334. The summed E-state index contributed by atoms with van der Waals surface area (Å²) in [4.78, 5) is 0. The Balaban J connectivity index is 4.70. The highest BCUT2D eigenvalue weighted by atomic mass is 31.0. The second-order valence-corrected chi connectivity index (χ2v) is 10.7. The molecule has 0 saturated heterocycles. The summed E-state index contributed by atoms with van der Waals surface area (Å²) < 4.78 is 18.0. The predicted molar refractivity (Wildman–Crippen MR) is 111 cm³/mol. The minimum absolute atomic E-state index is 0.0568. The van der Waals surface area contributed by atoms with Gasteiger partial charge in [0.2, 0.25) is 0 Å². The highest BCUT2D eigenvalue weighted by molar-refractivity contribution is 7.18. The third kappa shape index (κ3) is 9.68. The van der Waals surface area contributed by atoms with Crippen molar-refractivity contribution in [2.45, 2.75) is 110 Å². The van der Waals surface area contributed by atoms with Crippen molar-refractivity contribution in [2.24, 2.45) is 11.1 Å². The van der Waals surface area contributed by atoms with Gasteiger partial charge in [-0.25, -0.2) is 0 Å². The number of methoxy groups -OCH3 is 1. The molecular formula is C20H44NO3P. The molecule has 0 aromatic carbocycles. The average Bonchev–Trinajstić information content (AvgIpc) is 2.34. The van der Waals surface area contributed by atoms with Crippen LogP contribution in [0, 0.1) is 5.41 Å². The lowest BCUT2D eigenvalue weighted by molar-refractivity contribution is -0.116. The molecule has 0 fully saturated rings. The van der Waals surface area contributed by atoms with Gasteiger partial charge in [-0.05, 0) is 73.1 Å². The van der Waals surface area contributed by atoms with Gasteiger partial charge in [0.05, 0.1) is 29.3 Å². The molecule has 5 heteroatoms. The topological polar surface area (TPSA) is 53.7 Å². The normalized spacial score (nSPS) is 18.7. The summed E-state index contributed by atoms with van der Waals surface area (Å²) in [7, 11) is 4.64. The monoisotopic (exact) mass is 377 g/mol. The summed E-state index contributed by atoms with van der Waals surface area (Å²) in [5, 5.41) is -0.334. The second kappa shape index (κ2) is 9.46. The molecule has 2 N–H and O–H groups in total. The quantitative estimate of drug-likeness (QED) is 0.499. The maximum atomic E-state index is 6.29. The highest BCUT2D eigenvalue weighted by Crippen LogP contribution is 2.44. The van der Waals surface area contributed by atoms with Crippen LogP contribution in [0.25, 0.3) is 0 Å². The summed E-state index contributed by atoms with van der Waals surface area (Å²) in [6.07, 6.45) is 2.74. The molecular weight excluding hydrogens is 333 g/mol. The average molecular weight is 378 g/mol. The fraction of sp³-hybridized carbons (Fsp3) is 1.00. The van der Waals surface area contributed by atoms with Gasteiger partial charge in [-0.15, -0.1) is 9.24 Å². The van der Waals surface area contributed by atoms with Crippen molar-refractivity contribution < 1.29 is 14.2 Å². The molecule has 4 nitrogen and oxygen atoms in total. The van der Waals surface area contributed by atoms with E-state index < -0.39 is 0 Å². The van der Waals surface area contributed by atoms with Crippen LogP contribution in [0.1, 0.15) is 81.6 Å². The molecule has 0 amide bonds. The van der Waals surface area contributed by atoms with Gasteiger partial charge in [0.1, 0.15) is 0 Å². The van der Waals surface area contributed by atoms with E-state index in [1.807, 2.05) is 6.92 Å². The van der Waals surface area contributed by atoms with E-state index >= 15 is 0 Å². The molecule has 152 valence electrons. The van der Waals surface area contributed by atoms with E-state index in [-0.39, 0.29) is 34.1 Å². The Bertz CT molecular complexity index is 392. The SMILES string of the molecule is COC(C)(C)CCOC(C)(P)C(C)(C)CC(C)OC(C)(C)CC(C)N. The van der Waals surface area contributed by atoms with E-state index in [0.29, 0.717) is 6.61 Å². The van der Waals surface area contributed by atoms with E-state index in [0.717, 1.165) is 19.3 Å². The summed E-state index contributed by atoms with van der Waals surface area (Å²) in [5.74, 6) is 0. The lowest BCUT2D eigenvalue weighted by Gasteiger charge is -2.44. The summed E-state index contributed by atoms with van der Waals surface area (Å²) >= 11 is 0. The fourth-order valence-electron chi connectivity index (χ4n) is 3.14. The lowest BCUT2D eigenvalue weighted by atomic mass is 9.81. The Morgan fingerprint density at radius 3 is 1.88 bits per heavy atom. The van der Waals surface area contributed by atoms with Gasteiger partial charge in [0.15, 0.2) is 0 Å². The van der Waals surface area contributed by atoms with Crippen LogP contribution < -0.4 is 5.73 Å². The van der Waals surface area contributed by atoms with Crippen molar-refractivity contribution in [2.75, 3.05) is 13.7 Å². The van der Waals surface area contributed by atoms with Crippen molar-refractivity contribution in [3.05, 3.63) is 0 Å². The van der Waals surface area contributed by atoms with Gasteiger partial charge in [0, 0.05) is 13.2 Å². The molecule has 0 aliphatic carbocycles. The van der Waals surface area contributed by atoms with Gasteiger partial charge in [0.25, 0.3) is 0 Å². The van der Waals surface area contributed by atoms with E-state index in [2.05, 4.69) is 64.6 Å². The Morgan fingerprint density at radius 2 is 1.44 bits per heavy atom. The van der Waals surface area contributed by atoms with Crippen LogP contribution in [0.3, 0.4) is 0 Å². The van der Waals surface area contributed by atoms with Crippen molar-refractivity contribution in [1.29, 1.82) is 0 Å². The first kappa shape index (κ1) is 25.3. The van der Waals surface area contributed by atoms with Crippen LogP contribution >= 0.6 is 9.24 Å². The first-order valence-corrected chi connectivity index (χ1v) is 10.0. The molecule has 4 unspecified atom stereocenters. The largest absolute Gasteiger partial charge is 0.379 e. The van der Waals surface area contributed by atoms with Crippen LogP contribution in [0.15, 0.2) is 0 Å². The Hall–Kier alpha value is 0.270. The number of rotatable bonds is 12. The molecule has 0 rings (SSSR count). The van der Waals surface area contributed by atoms with E-state index in [1.54, 1.807) is 7.11 Å². The van der Waals surface area contributed by atoms with E-state index in [4.69, 9.17) is 19.9 Å². The summed E-state index contributed by atoms with van der Waals surface area (Å²) in [6, 6.07) is 0.134. The third-order valence-corrected chi connectivity index (χ3v) is 6.08. The number of nitrogens with two attached hydrogens (primary N) is 1. The molecule has 25 heavy (non-hydrogen) atoms. The molecule has 0 aromatic heterocycles. The molecule has 0 spiro atoms. The number of hydrogen-bond donors (Lipinski definition) is 1. The molecule has 0 aliphatic rings. The number of ether oxygens (including phenoxy) is 3. The smallest absolute Gasteiger partial charge is 0.0836 e. The maximum absolute atomic E-state index is 6.29. The lowest BCUT2D eigenvalue weighted by Crippen LogP contribution is -2.44. The van der Waals surface area contributed by atoms with Gasteiger partial charge in [-0.2, -0.15) is 0 Å². The number of hydrogen-bond acceptors (Lipinski definition) is 4. The highest BCUT2D eigenvalue weighted by Gasteiger charge is 2.40. The zero-order valence-corrected chi connectivity index (χ0v) is 19.5. The standard InChI is InChI=1S/C20H44NO3P/c1-15(21)13-19(7,8)24-16(2)14-17(3,4)20(9,25)23-12-11-18(5,6)22-10/h15-16H,11-14,21,25H2,1-10H3. The molecule has 0 aliphatic heterocycles. The molecule has 0 radical (unpaired) electrons. The van der Waals surface area contributed by atoms with Crippen molar-refractivity contribution in [3.63, 3.8) is 0 Å². The van der Waals surface area contributed by atoms with Crippen LogP contribution in [0.5, 0.6) is 0 Å². The molecule has 0 heterocycles. The zero-order valence-electron chi connectivity index (χ0n) is 18.4. The first-order chi connectivity index (χ1) is 11.0. The van der Waals surface area contributed by atoms with Crippen LogP contribution in [-0.2, 0) is 14.2 Å². The van der Waals surface area contributed by atoms with Gasteiger partial charge in [-0.3, -0.25) is 0 Å². The fourth-order valence-corrected chi connectivity index (χ4v) is 3.37. The second-order valence-electron chi connectivity index (χ2n) is 9.63. The van der Waals surface area contributed by atoms with Crippen molar-refractivity contribution >= 4 is 9.24 Å². The van der Waals surface area contributed by atoms with Gasteiger partial charge >= 0.3 is 0 Å². The molecule has 0 saturated carbocycles. The van der Waals surface area contributed by atoms with Crippen molar-refractivity contribution in [1.82, 2.24) is 0 Å². The maximum Gasteiger partial charge on any atom is 0.0836 e. The van der Waals surface area contributed by atoms with Crippen molar-refractivity contribution in [3.8, 4) is 0 Å². The van der Waals surface area contributed by atoms with Gasteiger partial charge < -0.3 is 19.9 Å².